The fraction of sp³-hybridized carbons (Fsp3) is 0.214. The first-order valence-corrected chi connectivity index (χ1v) is 11.7. The first-order valence-electron chi connectivity index (χ1n) is 11.3. The largest absolute Gasteiger partial charge is 0.349 e. The van der Waals surface area contributed by atoms with Crippen molar-refractivity contribution in [3.8, 4) is 0 Å². The number of carbonyl (C=O) groups excluding carboxylic acids is 4. The zero-order valence-corrected chi connectivity index (χ0v) is 19.7. The summed E-state index contributed by atoms with van der Waals surface area (Å²) in [4.78, 5) is 56.5. The van der Waals surface area contributed by atoms with Gasteiger partial charge in [0.15, 0.2) is 0 Å². The van der Waals surface area contributed by atoms with Gasteiger partial charge >= 0.3 is 0 Å². The van der Waals surface area contributed by atoms with Crippen LogP contribution in [0.25, 0.3) is 0 Å². The van der Waals surface area contributed by atoms with E-state index < -0.39 is 46.9 Å². The second kappa shape index (κ2) is 7.44. The molecule has 0 aromatic heterocycles. The molecule has 174 valence electrons. The van der Waals surface area contributed by atoms with Crippen molar-refractivity contribution in [2.45, 2.75) is 25.6 Å². The van der Waals surface area contributed by atoms with Crippen LogP contribution in [-0.2, 0) is 14.3 Å². The Bertz CT molecular complexity index is 1440. The molecule has 6 rings (SSSR count). The third-order valence-corrected chi connectivity index (χ3v) is 7.89. The molecule has 2 fully saturated rings. The van der Waals surface area contributed by atoms with Crippen molar-refractivity contribution in [2.75, 3.05) is 4.90 Å². The number of fused-ring (bicyclic) bond motifs is 3. The van der Waals surface area contributed by atoms with Crippen molar-refractivity contribution in [1.82, 2.24) is 0 Å². The molecule has 0 radical (unpaired) electrons. The number of halogens is 1. The van der Waals surface area contributed by atoms with Crippen LogP contribution in [0.1, 0.15) is 43.5 Å². The Balaban J connectivity index is 1.59. The summed E-state index contributed by atoms with van der Waals surface area (Å²) in [6.07, 6.45) is -0.953. The van der Waals surface area contributed by atoms with Gasteiger partial charge in [-0.3, -0.25) is 19.2 Å². The van der Waals surface area contributed by atoms with E-state index in [1.54, 1.807) is 48.5 Å². The van der Waals surface area contributed by atoms with Crippen molar-refractivity contribution < 1.29 is 23.9 Å². The number of Topliss-reactive ketones (excluding diaryl/α,β-unsaturated/α-hetero) is 2. The minimum atomic E-state index is -2.10. The number of amides is 2. The number of anilines is 1. The Morgan fingerprint density at radius 1 is 0.800 bits per heavy atom. The maximum Gasteiger partial charge on any atom is 0.241 e. The first-order chi connectivity index (χ1) is 16.8. The van der Waals surface area contributed by atoms with Gasteiger partial charge in [-0.05, 0) is 42.7 Å². The van der Waals surface area contributed by atoms with Crippen LogP contribution in [0.4, 0.5) is 5.69 Å². The van der Waals surface area contributed by atoms with Crippen LogP contribution in [0.5, 0.6) is 0 Å². The smallest absolute Gasteiger partial charge is 0.241 e. The fourth-order valence-electron chi connectivity index (χ4n) is 5.75. The van der Waals surface area contributed by atoms with E-state index in [0.29, 0.717) is 5.56 Å². The summed E-state index contributed by atoms with van der Waals surface area (Å²) >= 11 is 6.36. The molecule has 0 saturated carbocycles. The Kier molecular flexibility index (Phi) is 4.66. The molecule has 2 heterocycles. The molecule has 0 bridgehead atoms. The minimum Gasteiger partial charge on any atom is -0.349 e. The molecule has 3 atom stereocenters. The van der Waals surface area contributed by atoms with Gasteiger partial charge in [-0.25, -0.2) is 4.90 Å². The van der Waals surface area contributed by atoms with E-state index >= 15 is 0 Å². The third-order valence-electron chi connectivity index (χ3n) is 7.57. The summed E-state index contributed by atoms with van der Waals surface area (Å²) in [7, 11) is 0. The van der Waals surface area contributed by atoms with Gasteiger partial charge < -0.3 is 4.74 Å². The number of ether oxygens (including phenoxy) is 1. The van der Waals surface area contributed by atoms with Crippen LogP contribution in [0, 0.1) is 25.7 Å². The summed E-state index contributed by atoms with van der Waals surface area (Å²) in [6, 6.07) is 18.5. The molecule has 2 saturated heterocycles. The molecule has 3 aromatic carbocycles. The number of imide groups is 1. The zero-order valence-electron chi connectivity index (χ0n) is 18.9. The summed E-state index contributed by atoms with van der Waals surface area (Å²) in [5.41, 5.74) is 1.05. The predicted octanol–water partition coefficient (Wildman–Crippen LogP) is 4.65. The van der Waals surface area contributed by atoms with Crippen molar-refractivity contribution in [1.29, 1.82) is 0 Å². The van der Waals surface area contributed by atoms with E-state index in [-0.39, 0.29) is 21.8 Å². The van der Waals surface area contributed by atoms with Crippen LogP contribution in [0.3, 0.4) is 0 Å². The first kappa shape index (κ1) is 21.9. The molecule has 2 aliphatic heterocycles. The lowest BCUT2D eigenvalue weighted by atomic mass is 9.76. The van der Waals surface area contributed by atoms with Gasteiger partial charge in [-0.1, -0.05) is 66.2 Å². The number of nitrogens with zero attached hydrogens (tertiary/aromatic N) is 1. The van der Waals surface area contributed by atoms with Gasteiger partial charge in [0.2, 0.25) is 29.0 Å². The average Bonchev–Trinajstić information content (AvgIpc) is 3.41. The van der Waals surface area contributed by atoms with Crippen LogP contribution in [-0.4, -0.2) is 29.0 Å². The quantitative estimate of drug-likeness (QED) is 0.390. The van der Waals surface area contributed by atoms with Gasteiger partial charge in [0.25, 0.3) is 0 Å². The number of benzene rings is 3. The molecule has 3 unspecified atom stereocenters. The summed E-state index contributed by atoms with van der Waals surface area (Å²) in [6.45, 7) is 3.83. The molecule has 0 N–H and O–H groups in total. The molecule has 2 amide bonds. The Hall–Kier alpha value is -3.61. The van der Waals surface area contributed by atoms with E-state index in [2.05, 4.69) is 0 Å². The van der Waals surface area contributed by atoms with Crippen molar-refractivity contribution in [3.63, 3.8) is 0 Å². The number of hydrogen-bond donors (Lipinski definition) is 0. The molecular weight excluding hydrogens is 466 g/mol. The van der Waals surface area contributed by atoms with Crippen LogP contribution < -0.4 is 4.90 Å². The molecule has 3 aliphatic rings. The Morgan fingerprint density at radius 2 is 1.43 bits per heavy atom. The molecule has 7 heteroatoms. The highest BCUT2D eigenvalue weighted by Crippen LogP contribution is 2.58. The maximum absolute atomic E-state index is 13.9. The monoisotopic (exact) mass is 485 g/mol. The minimum absolute atomic E-state index is 0.203. The van der Waals surface area contributed by atoms with Crippen molar-refractivity contribution in [3.05, 3.63) is 99.6 Å². The van der Waals surface area contributed by atoms with E-state index in [4.69, 9.17) is 16.3 Å². The number of aryl methyl sites for hydroxylation is 1. The van der Waals surface area contributed by atoms with Crippen LogP contribution >= 0.6 is 11.6 Å². The molecule has 35 heavy (non-hydrogen) atoms. The summed E-state index contributed by atoms with van der Waals surface area (Å²) in [5, 5.41) is 0.222. The number of rotatable bonds is 2. The normalized spacial score (nSPS) is 24.4. The third kappa shape index (κ3) is 2.69. The van der Waals surface area contributed by atoms with E-state index in [0.717, 1.165) is 16.0 Å². The number of ketones is 2. The summed E-state index contributed by atoms with van der Waals surface area (Å²) < 4.78 is 6.36. The second-order valence-corrected chi connectivity index (χ2v) is 9.64. The molecule has 1 aliphatic carbocycles. The lowest BCUT2D eigenvalue weighted by molar-refractivity contribution is -0.127. The molecular formula is C28H20ClNO5. The topological polar surface area (TPSA) is 80.8 Å². The highest BCUT2D eigenvalue weighted by Gasteiger charge is 2.75. The fourth-order valence-corrected chi connectivity index (χ4v) is 5.97. The predicted molar refractivity (Wildman–Crippen MR) is 129 cm³/mol. The SMILES string of the molecule is Cc1cccc(C2OC3(C(=O)c4ccccc4C3=O)C3C(=O)N(c4ccccc4Cl)C(=O)C23)c1C. The number of hydrogen-bond acceptors (Lipinski definition) is 5. The van der Waals surface area contributed by atoms with Crippen molar-refractivity contribution in [2.24, 2.45) is 11.8 Å². The van der Waals surface area contributed by atoms with Gasteiger partial charge in [0.05, 0.1) is 28.6 Å². The lowest BCUT2D eigenvalue weighted by Crippen LogP contribution is -2.51. The highest BCUT2D eigenvalue weighted by molar-refractivity contribution is 6.39. The van der Waals surface area contributed by atoms with Crippen molar-refractivity contribution >= 4 is 40.7 Å². The van der Waals surface area contributed by atoms with E-state index in [9.17, 15) is 19.2 Å². The van der Waals surface area contributed by atoms with Gasteiger partial charge in [-0.2, -0.15) is 0 Å². The average molecular weight is 486 g/mol. The van der Waals surface area contributed by atoms with Gasteiger partial charge in [-0.15, -0.1) is 0 Å². The molecule has 1 spiro atoms. The number of para-hydroxylation sites is 1. The highest BCUT2D eigenvalue weighted by atomic mass is 35.5. The van der Waals surface area contributed by atoms with Gasteiger partial charge in [0.1, 0.15) is 0 Å². The van der Waals surface area contributed by atoms with E-state index in [1.807, 2.05) is 32.0 Å². The standard InChI is InChI=1S/C28H20ClNO5/c1-14-8-7-11-16(15(14)2)23-21-22(27(34)30(26(21)33)20-13-6-5-12-19(20)29)28(35-23)24(31)17-9-3-4-10-18(17)25(28)32/h3-13,21-23H,1-2H3. The van der Waals surface area contributed by atoms with Crippen LogP contribution in [0.15, 0.2) is 66.7 Å². The molecule has 6 nitrogen and oxygen atoms in total. The second-order valence-electron chi connectivity index (χ2n) is 9.23. The Morgan fingerprint density at radius 3 is 2.09 bits per heavy atom. The zero-order chi connectivity index (χ0) is 24.6. The van der Waals surface area contributed by atoms with Crippen LogP contribution in [0.2, 0.25) is 5.02 Å². The number of carbonyl (C=O) groups is 4. The molecule has 3 aromatic rings. The Labute approximate surface area is 206 Å². The van der Waals surface area contributed by atoms with E-state index in [1.165, 1.54) is 0 Å². The lowest BCUT2D eigenvalue weighted by Gasteiger charge is -2.28. The van der Waals surface area contributed by atoms with Gasteiger partial charge in [0, 0.05) is 11.1 Å². The maximum atomic E-state index is 13.9. The summed E-state index contributed by atoms with van der Waals surface area (Å²) in [5.74, 6) is -4.71.